The number of hydrogen-bond donors (Lipinski definition) is 1. The molecule has 1 aliphatic carbocycles. The van der Waals surface area contributed by atoms with Gasteiger partial charge in [0.1, 0.15) is 0 Å². The predicted molar refractivity (Wildman–Crippen MR) is 53.7 cm³/mol. The van der Waals surface area contributed by atoms with E-state index in [1.54, 1.807) is 0 Å². The van der Waals surface area contributed by atoms with Crippen molar-refractivity contribution in [2.75, 3.05) is 19.6 Å². The minimum absolute atomic E-state index is 0.226. The lowest BCUT2D eigenvalue weighted by Crippen LogP contribution is -2.31. The molecule has 0 aromatic heterocycles. The molecule has 1 saturated heterocycles. The Morgan fingerprint density at radius 1 is 1.08 bits per heavy atom. The van der Waals surface area contributed by atoms with Gasteiger partial charge in [0, 0.05) is 0 Å². The molecule has 2 aliphatic rings. The van der Waals surface area contributed by atoms with E-state index in [2.05, 4.69) is 4.90 Å². The summed E-state index contributed by atoms with van der Waals surface area (Å²) in [5, 5.41) is 9.64. The van der Waals surface area contributed by atoms with Gasteiger partial charge in [-0.2, -0.15) is 0 Å². The Bertz CT molecular complexity index is 159. The van der Waals surface area contributed by atoms with E-state index < -0.39 is 0 Å². The third-order valence-electron chi connectivity index (χ3n) is 3.39. The fourth-order valence-electron chi connectivity index (χ4n) is 2.21. The van der Waals surface area contributed by atoms with Crippen LogP contribution in [0.1, 0.15) is 44.9 Å². The van der Waals surface area contributed by atoms with Gasteiger partial charge in [-0.05, 0) is 58.2 Å². The average molecular weight is 183 g/mol. The molecule has 76 valence electrons. The molecule has 0 spiro atoms. The molecule has 2 heteroatoms. The molecule has 13 heavy (non-hydrogen) atoms. The van der Waals surface area contributed by atoms with Gasteiger partial charge >= 0.3 is 0 Å². The highest BCUT2D eigenvalue weighted by molar-refractivity contribution is 4.93. The van der Waals surface area contributed by atoms with Gasteiger partial charge in [-0.3, -0.25) is 0 Å². The summed E-state index contributed by atoms with van der Waals surface area (Å²) in [6.45, 7) is 3.79. The van der Waals surface area contributed by atoms with Crippen molar-refractivity contribution in [3.05, 3.63) is 0 Å². The molecule has 1 heterocycles. The Balaban J connectivity index is 1.56. The van der Waals surface area contributed by atoms with Crippen LogP contribution in [0.25, 0.3) is 0 Å². The van der Waals surface area contributed by atoms with Crippen LogP contribution in [0.2, 0.25) is 0 Å². The molecule has 0 aromatic carbocycles. The maximum absolute atomic E-state index is 9.64. The van der Waals surface area contributed by atoms with Crippen molar-refractivity contribution in [3.8, 4) is 0 Å². The van der Waals surface area contributed by atoms with Gasteiger partial charge in [0.25, 0.3) is 0 Å². The first-order valence-corrected chi connectivity index (χ1v) is 5.73. The molecule has 1 N–H and O–H groups in total. The van der Waals surface area contributed by atoms with E-state index in [1.165, 1.54) is 45.3 Å². The average Bonchev–Trinajstić information content (AvgIpc) is 2.86. The number of nitrogens with zero attached hydrogens (tertiary/aromatic N) is 1. The second-order valence-electron chi connectivity index (χ2n) is 4.73. The molecule has 1 saturated carbocycles. The summed E-state index contributed by atoms with van der Waals surface area (Å²) in [5.41, 5.74) is -0.226. The van der Waals surface area contributed by atoms with E-state index in [4.69, 9.17) is 0 Å². The van der Waals surface area contributed by atoms with Crippen molar-refractivity contribution in [1.29, 1.82) is 0 Å². The molecular formula is C11H21NO. The van der Waals surface area contributed by atoms with Gasteiger partial charge in [-0.15, -0.1) is 0 Å². The van der Waals surface area contributed by atoms with E-state index in [9.17, 15) is 5.11 Å². The van der Waals surface area contributed by atoms with Gasteiger partial charge in [-0.25, -0.2) is 0 Å². The van der Waals surface area contributed by atoms with Crippen LogP contribution in [0.15, 0.2) is 0 Å². The van der Waals surface area contributed by atoms with Crippen LogP contribution in [0.5, 0.6) is 0 Å². The molecular weight excluding hydrogens is 162 g/mol. The summed E-state index contributed by atoms with van der Waals surface area (Å²) in [6, 6.07) is 0. The fourth-order valence-corrected chi connectivity index (χ4v) is 2.21. The SMILES string of the molecule is OC1(CCCN2CCCCC2)CC1. The number of aliphatic hydroxyl groups is 1. The highest BCUT2D eigenvalue weighted by atomic mass is 16.3. The molecule has 0 aromatic rings. The lowest BCUT2D eigenvalue weighted by Gasteiger charge is -2.26. The van der Waals surface area contributed by atoms with Gasteiger partial charge < -0.3 is 10.0 Å². The summed E-state index contributed by atoms with van der Waals surface area (Å²) in [4.78, 5) is 2.55. The lowest BCUT2D eigenvalue weighted by molar-refractivity contribution is 0.127. The second-order valence-corrected chi connectivity index (χ2v) is 4.73. The Morgan fingerprint density at radius 2 is 1.77 bits per heavy atom. The minimum atomic E-state index is -0.226. The van der Waals surface area contributed by atoms with E-state index in [0.717, 1.165) is 19.3 Å². The van der Waals surface area contributed by atoms with Crippen LogP contribution in [0, 0.1) is 0 Å². The zero-order valence-corrected chi connectivity index (χ0v) is 8.47. The van der Waals surface area contributed by atoms with E-state index in [0.29, 0.717) is 0 Å². The molecule has 2 rings (SSSR count). The van der Waals surface area contributed by atoms with Crippen molar-refractivity contribution in [1.82, 2.24) is 4.90 Å². The van der Waals surface area contributed by atoms with Crippen LogP contribution in [-0.2, 0) is 0 Å². The zero-order chi connectivity index (χ0) is 9.15. The molecule has 2 nitrogen and oxygen atoms in total. The second kappa shape index (κ2) is 3.97. The summed E-state index contributed by atoms with van der Waals surface area (Å²) in [5.74, 6) is 0. The van der Waals surface area contributed by atoms with Crippen LogP contribution < -0.4 is 0 Å². The van der Waals surface area contributed by atoms with Crippen molar-refractivity contribution in [3.63, 3.8) is 0 Å². The van der Waals surface area contributed by atoms with Crippen LogP contribution >= 0.6 is 0 Å². The number of piperidine rings is 1. The molecule has 1 aliphatic heterocycles. The normalized spacial score (nSPS) is 27.5. The smallest absolute Gasteiger partial charge is 0.0650 e. The Morgan fingerprint density at radius 3 is 2.38 bits per heavy atom. The van der Waals surface area contributed by atoms with Crippen molar-refractivity contribution >= 4 is 0 Å². The predicted octanol–water partition coefficient (Wildman–Crippen LogP) is 1.78. The quantitative estimate of drug-likeness (QED) is 0.718. The van der Waals surface area contributed by atoms with Gasteiger partial charge in [0.2, 0.25) is 0 Å². The van der Waals surface area contributed by atoms with Crippen molar-refractivity contribution in [2.24, 2.45) is 0 Å². The van der Waals surface area contributed by atoms with Crippen LogP contribution in [-0.4, -0.2) is 35.2 Å². The maximum atomic E-state index is 9.64. The monoisotopic (exact) mass is 183 g/mol. The van der Waals surface area contributed by atoms with Crippen LogP contribution in [0.3, 0.4) is 0 Å². The first-order chi connectivity index (χ1) is 6.29. The van der Waals surface area contributed by atoms with E-state index in [-0.39, 0.29) is 5.60 Å². The molecule has 0 radical (unpaired) electrons. The van der Waals surface area contributed by atoms with Crippen LogP contribution in [0.4, 0.5) is 0 Å². The molecule has 0 atom stereocenters. The largest absolute Gasteiger partial charge is 0.390 e. The zero-order valence-electron chi connectivity index (χ0n) is 8.47. The Hall–Kier alpha value is -0.0800. The Labute approximate surface area is 80.9 Å². The first kappa shape index (κ1) is 9.47. The van der Waals surface area contributed by atoms with Gasteiger partial charge in [0.15, 0.2) is 0 Å². The lowest BCUT2D eigenvalue weighted by atomic mass is 10.1. The molecule has 0 bridgehead atoms. The minimum Gasteiger partial charge on any atom is -0.390 e. The molecule has 2 fully saturated rings. The highest BCUT2D eigenvalue weighted by Gasteiger charge is 2.39. The van der Waals surface area contributed by atoms with Gasteiger partial charge in [-0.1, -0.05) is 6.42 Å². The summed E-state index contributed by atoms with van der Waals surface area (Å²) in [6.07, 6.45) is 8.50. The molecule has 0 amide bonds. The standard InChI is InChI=1S/C11H21NO/c13-11(6-7-11)5-4-10-12-8-2-1-3-9-12/h13H,1-10H2. The number of rotatable bonds is 4. The fraction of sp³-hybridized carbons (Fsp3) is 1.00. The summed E-state index contributed by atoms with van der Waals surface area (Å²) >= 11 is 0. The van der Waals surface area contributed by atoms with Crippen molar-refractivity contribution in [2.45, 2.75) is 50.5 Å². The van der Waals surface area contributed by atoms with Crippen molar-refractivity contribution < 1.29 is 5.11 Å². The third-order valence-corrected chi connectivity index (χ3v) is 3.39. The number of likely N-dealkylation sites (tertiary alicyclic amines) is 1. The van der Waals surface area contributed by atoms with Gasteiger partial charge in [0.05, 0.1) is 5.60 Å². The summed E-state index contributed by atoms with van der Waals surface area (Å²) in [7, 11) is 0. The van der Waals surface area contributed by atoms with E-state index in [1.807, 2.05) is 0 Å². The Kier molecular flexibility index (Phi) is 2.89. The maximum Gasteiger partial charge on any atom is 0.0650 e. The van der Waals surface area contributed by atoms with E-state index >= 15 is 0 Å². The molecule has 0 unspecified atom stereocenters. The topological polar surface area (TPSA) is 23.5 Å². The number of hydrogen-bond acceptors (Lipinski definition) is 2. The summed E-state index contributed by atoms with van der Waals surface area (Å²) < 4.78 is 0. The highest BCUT2D eigenvalue weighted by Crippen LogP contribution is 2.39. The first-order valence-electron chi connectivity index (χ1n) is 5.73. The third kappa shape index (κ3) is 2.96.